The Balaban J connectivity index is 1.99. The first kappa shape index (κ1) is 13.9. The summed E-state index contributed by atoms with van der Waals surface area (Å²) in [5.74, 6) is 0.135. The van der Waals surface area contributed by atoms with Crippen molar-refractivity contribution in [1.29, 1.82) is 0 Å². The van der Waals surface area contributed by atoms with E-state index in [1.165, 1.54) is 0 Å². The van der Waals surface area contributed by atoms with E-state index in [-0.39, 0.29) is 11.8 Å². The first-order valence-corrected chi connectivity index (χ1v) is 6.87. The van der Waals surface area contributed by atoms with Gasteiger partial charge >= 0.3 is 0 Å². The molecular weight excluding hydrogens is 269 g/mol. The van der Waals surface area contributed by atoms with Crippen molar-refractivity contribution in [2.24, 2.45) is 0 Å². The zero-order valence-corrected chi connectivity index (χ0v) is 11.7. The average molecular weight is 285 g/mol. The van der Waals surface area contributed by atoms with Crippen LogP contribution in [0.3, 0.4) is 0 Å². The largest absolute Gasteiger partial charge is 0.298 e. The third-order valence-corrected chi connectivity index (χ3v) is 4.05. The fourth-order valence-electron chi connectivity index (χ4n) is 2.23. The molecule has 2 nitrogen and oxygen atoms in total. The Labute approximate surface area is 118 Å². The third-order valence-electron chi connectivity index (χ3n) is 3.32. The Morgan fingerprint density at radius 2 is 1.94 bits per heavy atom. The van der Waals surface area contributed by atoms with Gasteiger partial charge in [-0.25, -0.2) is 0 Å². The fourth-order valence-corrected chi connectivity index (χ4v) is 2.55. The van der Waals surface area contributed by atoms with E-state index in [1.807, 2.05) is 6.07 Å². The molecule has 1 aromatic rings. The van der Waals surface area contributed by atoms with Crippen LogP contribution in [0.5, 0.6) is 0 Å². The standard InChI is InChI=1S/C14H16Cl2NO/c1-10(17-6-2-3-7-17)14(18)9-11-4-5-12(15)13(16)8-11/h4-5,8,10H,1-3,6-7,9H2. The van der Waals surface area contributed by atoms with Crippen LogP contribution in [-0.2, 0) is 11.2 Å². The molecule has 2 rings (SSSR count). The second-order valence-corrected chi connectivity index (χ2v) is 5.46. The highest BCUT2D eigenvalue weighted by molar-refractivity contribution is 6.42. The Morgan fingerprint density at radius 1 is 1.28 bits per heavy atom. The van der Waals surface area contributed by atoms with Crippen molar-refractivity contribution in [3.63, 3.8) is 0 Å². The number of rotatable bonds is 4. The Hall–Kier alpha value is -0.570. The summed E-state index contributed by atoms with van der Waals surface area (Å²) in [6.07, 6.45) is 2.68. The maximum atomic E-state index is 12.1. The molecule has 0 bridgehead atoms. The molecule has 0 aliphatic carbocycles. The minimum Gasteiger partial charge on any atom is -0.298 e. The smallest absolute Gasteiger partial charge is 0.154 e. The van der Waals surface area contributed by atoms with Gasteiger partial charge in [-0.2, -0.15) is 0 Å². The first-order valence-electron chi connectivity index (χ1n) is 6.11. The van der Waals surface area contributed by atoms with Gasteiger partial charge in [-0.05, 0) is 50.6 Å². The maximum Gasteiger partial charge on any atom is 0.154 e. The lowest BCUT2D eigenvalue weighted by Gasteiger charge is -2.22. The van der Waals surface area contributed by atoms with Crippen molar-refractivity contribution in [3.05, 3.63) is 40.7 Å². The van der Waals surface area contributed by atoms with Crippen LogP contribution in [0.2, 0.25) is 10.0 Å². The summed E-state index contributed by atoms with van der Waals surface area (Å²) in [4.78, 5) is 14.3. The fraction of sp³-hybridized carbons (Fsp3) is 0.429. The number of Topliss-reactive ketones (excluding diaryl/α,β-unsaturated/α-hetero) is 1. The quantitative estimate of drug-likeness (QED) is 0.845. The van der Waals surface area contributed by atoms with Crippen LogP contribution in [0.4, 0.5) is 0 Å². The van der Waals surface area contributed by atoms with Crippen LogP contribution in [0.25, 0.3) is 0 Å². The van der Waals surface area contributed by atoms with Gasteiger partial charge in [0.1, 0.15) is 0 Å². The molecule has 1 heterocycles. The van der Waals surface area contributed by atoms with Crippen LogP contribution in [0.1, 0.15) is 18.4 Å². The van der Waals surface area contributed by atoms with Gasteiger partial charge in [0, 0.05) is 6.42 Å². The number of nitrogens with zero attached hydrogens (tertiary/aromatic N) is 1. The van der Waals surface area contributed by atoms with E-state index >= 15 is 0 Å². The number of benzene rings is 1. The molecule has 1 aliphatic heterocycles. The van der Waals surface area contributed by atoms with Gasteiger partial charge in [-0.15, -0.1) is 0 Å². The summed E-state index contributed by atoms with van der Waals surface area (Å²) in [5.41, 5.74) is 0.891. The van der Waals surface area contributed by atoms with E-state index in [1.54, 1.807) is 12.1 Å². The van der Waals surface area contributed by atoms with E-state index in [0.717, 1.165) is 31.5 Å². The lowest BCUT2D eigenvalue weighted by atomic mass is 10.0. The van der Waals surface area contributed by atoms with Gasteiger partial charge in [0.25, 0.3) is 0 Å². The van der Waals surface area contributed by atoms with Gasteiger partial charge in [0.2, 0.25) is 0 Å². The van der Waals surface area contributed by atoms with Crippen molar-refractivity contribution in [3.8, 4) is 0 Å². The van der Waals surface area contributed by atoms with Crippen molar-refractivity contribution in [2.75, 3.05) is 13.1 Å². The summed E-state index contributed by atoms with van der Waals surface area (Å²) in [5, 5.41) is 1.00. The summed E-state index contributed by atoms with van der Waals surface area (Å²) in [6.45, 7) is 5.92. The predicted octanol–water partition coefficient (Wildman–Crippen LogP) is 3.40. The average Bonchev–Trinajstić information content (AvgIpc) is 2.86. The van der Waals surface area contributed by atoms with Gasteiger partial charge in [0.15, 0.2) is 5.78 Å². The molecule has 1 fully saturated rings. The van der Waals surface area contributed by atoms with E-state index in [0.29, 0.717) is 16.5 Å². The van der Waals surface area contributed by atoms with Gasteiger partial charge in [0.05, 0.1) is 16.1 Å². The molecule has 0 saturated carbocycles. The second kappa shape index (κ2) is 6.05. The minimum absolute atomic E-state index is 0.135. The second-order valence-electron chi connectivity index (χ2n) is 4.65. The topological polar surface area (TPSA) is 20.3 Å². The highest BCUT2D eigenvalue weighted by atomic mass is 35.5. The molecule has 1 aliphatic rings. The summed E-state index contributed by atoms with van der Waals surface area (Å²) >= 11 is 11.8. The lowest BCUT2D eigenvalue weighted by Crippen LogP contribution is -2.37. The normalized spacial score (nSPS) is 17.9. The highest BCUT2D eigenvalue weighted by Gasteiger charge is 2.23. The van der Waals surface area contributed by atoms with Crippen LogP contribution in [-0.4, -0.2) is 29.8 Å². The number of likely N-dealkylation sites (tertiary alicyclic amines) is 1. The van der Waals surface area contributed by atoms with Gasteiger partial charge in [-0.1, -0.05) is 29.3 Å². The summed E-state index contributed by atoms with van der Waals surface area (Å²) in [6, 6.07) is 5.06. The summed E-state index contributed by atoms with van der Waals surface area (Å²) in [7, 11) is 0. The van der Waals surface area contributed by atoms with E-state index in [4.69, 9.17) is 23.2 Å². The highest BCUT2D eigenvalue weighted by Crippen LogP contribution is 2.23. The Kier molecular flexibility index (Phi) is 4.66. The number of hydrogen-bond donors (Lipinski definition) is 0. The zero-order chi connectivity index (χ0) is 13.1. The molecule has 1 unspecified atom stereocenters. The molecule has 1 saturated heterocycles. The van der Waals surface area contributed by atoms with Gasteiger partial charge in [-0.3, -0.25) is 9.69 Å². The molecule has 1 aromatic carbocycles. The first-order chi connectivity index (χ1) is 8.58. The molecular formula is C14H16Cl2NO. The van der Waals surface area contributed by atoms with E-state index < -0.39 is 0 Å². The van der Waals surface area contributed by atoms with E-state index in [2.05, 4.69) is 11.8 Å². The number of hydrogen-bond acceptors (Lipinski definition) is 2. The van der Waals surface area contributed by atoms with Crippen LogP contribution in [0, 0.1) is 6.92 Å². The molecule has 0 amide bonds. The molecule has 4 heteroatoms. The monoisotopic (exact) mass is 284 g/mol. The predicted molar refractivity (Wildman–Crippen MR) is 75.1 cm³/mol. The SMILES string of the molecule is [CH2]C(C(=O)Cc1ccc(Cl)c(Cl)c1)N1CCCC1. The number of carbonyl (C=O) groups is 1. The Morgan fingerprint density at radius 3 is 2.56 bits per heavy atom. The molecule has 1 radical (unpaired) electrons. The molecule has 0 aromatic heterocycles. The van der Waals surface area contributed by atoms with Crippen molar-refractivity contribution in [1.82, 2.24) is 4.90 Å². The lowest BCUT2D eigenvalue weighted by molar-refractivity contribution is -0.121. The molecule has 0 spiro atoms. The minimum atomic E-state index is -0.248. The molecule has 1 atom stereocenters. The zero-order valence-electron chi connectivity index (χ0n) is 10.2. The molecule has 97 valence electrons. The van der Waals surface area contributed by atoms with Crippen molar-refractivity contribution < 1.29 is 4.79 Å². The maximum absolute atomic E-state index is 12.1. The molecule has 18 heavy (non-hydrogen) atoms. The van der Waals surface area contributed by atoms with E-state index in [9.17, 15) is 4.79 Å². The van der Waals surface area contributed by atoms with Crippen LogP contribution in [0.15, 0.2) is 18.2 Å². The van der Waals surface area contributed by atoms with Crippen LogP contribution < -0.4 is 0 Å². The van der Waals surface area contributed by atoms with Crippen molar-refractivity contribution >= 4 is 29.0 Å². The molecule has 0 N–H and O–H groups in total. The third kappa shape index (κ3) is 3.25. The Bertz CT molecular complexity index is 441. The number of ketones is 1. The number of carbonyl (C=O) groups excluding carboxylic acids is 1. The van der Waals surface area contributed by atoms with Crippen LogP contribution >= 0.6 is 23.2 Å². The van der Waals surface area contributed by atoms with Gasteiger partial charge < -0.3 is 0 Å². The van der Waals surface area contributed by atoms with Crippen molar-refractivity contribution in [2.45, 2.75) is 25.3 Å². The number of halogens is 2. The summed E-state index contributed by atoms with van der Waals surface area (Å²) < 4.78 is 0.